The molecule has 0 aliphatic carbocycles. The summed E-state index contributed by atoms with van der Waals surface area (Å²) in [5.74, 6) is -2.40. The molecule has 0 fully saturated rings. The van der Waals surface area contributed by atoms with Gasteiger partial charge in [0.1, 0.15) is 6.04 Å². The number of hydrogen-bond acceptors (Lipinski definition) is 5. The second-order valence-electron chi connectivity index (χ2n) is 8.12. The van der Waals surface area contributed by atoms with E-state index in [0.29, 0.717) is 0 Å². The van der Waals surface area contributed by atoms with Gasteiger partial charge in [0.25, 0.3) is 0 Å². The Balaban J connectivity index is 0. The minimum atomic E-state index is -1.11. The van der Waals surface area contributed by atoms with Gasteiger partial charge >= 0.3 is 11.9 Å². The molecule has 184 valence electrons. The fourth-order valence-corrected chi connectivity index (χ4v) is 3.06. The first kappa shape index (κ1) is 31.5. The molecule has 0 saturated carbocycles. The van der Waals surface area contributed by atoms with Gasteiger partial charge in [0.05, 0.1) is 6.54 Å². The minimum Gasteiger partial charge on any atom is -0.480 e. The highest BCUT2D eigenvalue weighted by Gasteiger charge is 2.11. The third kappa shape index (κ3) is 30.6. The standard InChI is InChI=1S/C18H37NO2.C5H10N2O3/c1-2-3-4-5-6-7-8-9-10-11-12-13-14-15-16-19-17-18(20)21;6-3(5(9)10)1-2-4(7)8/h19H,2-17H2,1H3,(H,20,21);3H,1-2,6H2,(H2,7,8)(H,9,10). The molecule has 7 N–H and O–H groups in total. The van der Waals surface area contributed by atoms with Crippen molar-refractivity contribution in [3.05, 3.63) is 0 Å². The highest BCUT2D eigenvalue weighted by molar-refractivity contribution is 5.76. The number of nitrogens with one attached hydrogen (secondary N) is 1. The van der Waals surface area contributed by atoms with Gasteiger partial charge in [-0.2, -0.15) is 0 Å². The summed E-state index contributed by atoms with van der Waals surface area (Å²) in [4.78, 5) is 30.4. The number of rotatable bonds is 21. The first-order valence-electron chi connectivity index (χ1n) is 12.0. The summed E-state index contributed by atoms with van der Waals surface area (Å²) in [6.45, 7) is 3.20. The van der Waals surface area contributed by atoms with Gasteiger partial charge in [0.2, 0.25) is 5.91 Å². The molecule has 0 bridgehead atoms. The molecule has 31 heavy (non-hydrogen) atoms. The van der Waals surface area contributed by atoms with Crippen LogP contribution in [-0.4, -0.2) is 47.2 Å². The molecule has 0 rings (SSSR count). The summed E-state index contributed by atoms with van der Waals surface area (Å²) in [7, 11) is 0. The zero-order valence-corrected chi connectivity index (χ0v) is 19.6. The maximum Gasteiger partial charge on any atom is 0.320 e. The summed E-state index contributed by atoms with van der Waals surface area (Å²) in [6, 6.07) is -0.979. The number of nitrogens with two attached hydrogens (primary N) is 2. The van der Waals surface area contributed by atoms with Gasteiger partial charge in [-0.25, -0.2) is 0 Å². The highest BCUT2D eigenvalue weighted by atomic mass is 16.4. The van der Waals surface area contributed by atoms with Crippen LogP contribution in [0.2, 0.25) is 0 Å². The quantitative estimate of drug-likeness (QED) is 0.168. The zero-order chi connectivity index (χ0) is 23.7. The van der Waals surface area contributed by atoms with Crippen LogP contribution in [0, 0.1) is 0 Å². The number of amides is 1. The second kappa shape index (κ2) is 24.6. The molecule has 8 nitrogen and oxygen atoms in total. The summed E-state index contributed by atoms with van der Waals surface area (Å²) in [5.41, 5.74) is 9.81. The van der Waals surface area contributed by atoms with Crippen molar-refractivity contribution >= 4 is 17.8 Å². The van der Waals surface area contributed by atoms with Crippen LogP contribution in [0.15, 0.2) is 0 Å². The molecule has 0 aromatic rings. The van der Waals surface area contributed by atoms with E-state index in [1.165, 1.54) is 83.5 Å². The largest absolute Gasteiger partial charge is 0.480 e. The lowest BCUT2D eigenvalue weighted by Crippen LogP contribution is -2.31. The van der Waals surface area contributed by atoms with E-state index in [0.717, 1.165) is 13.0 Å². The van der Waals surface area contributed by atoms with E-state index in [1.807, 2.05) is 0 Å². The number of carbonyl (C=O) groups excluding carboxylic acids is 1. The van der Waals surface area contributed by atoms with Crippen molar-refractivity contribution < 1.29 is 24.6 Å². The molecule has 0 aliphatic heterocycles. The van der Waals surface area contributed by atoms with Crippen LogP contribution >= 0.6 is 0 Å². The second-order valence-corrected chi connectivity index (χ2v) is 8.12. The van der Waals surface area contributed by atoms with Crippen molar-refractivity contribution in [2.45, 2.75) is 116 Å². The van der Waals surface area contributed by atoms with Crippen LogP contribution < -0.4 is 16.8 Å². The van der Waals surface area contributed by atoms with Crippen LogP contribution in [0.3, 0.4) is 0 Å². The van der Waals surface area contributed by atoms with Gasteiger partial charge < -0.3 is 27.0 Å². The lowest BCUT2D eigenvalue weighted by atomic mass is 10.0. The number of aliphatic carboxylic acids is 2. The molecule has 0 heterocycles. The van der Waals surface area contributed by atoms with Crippen molar-refractivity contribution in [2.75, 3.05) is 13.1 Å². The number of hydrogen-bond donors (Lipinski definition) is 5. The highest BCUT2D eigenvalue weighted by Crippen LogP contribution is 2.12. The summed E-state index contributed by atoms with van der Waals surface area (Å²) in [6.07, 6.45) is 19.2. The third-order valence-corrected chi connectivity index (χ3v) is 5.00. The smallest absolute Gasteiger partial charge is 0.320 e. The molecule has 0 aliphatic rings. The van der Waals surface area contributed by atoms with Crippen LogP contribution in [0.4, 0.5) is 0 Å². The van der Waals surface area contributed by atoms with E-state index in [1.54, 1.807) is 0 Å². The van der Waals surface area contributed by atoms with Crippen molar-refractivity contribution in [2.24, 2.45) is 11.5 Å². The normalized spacial score (nSPS) is 11.4. The Labute approximate surface area is 188 Å². The molecule has 0 saturated heterocycles. The molecule has 0 radical (unpaired) electrons. The summed E-state index contributed by atoms with van der Waals surface area (Å²) < 4.78 is 0. The Morgan fingerprint density at radius 1 is 0.774 bits per heavy atom. The van der Waals surface area contributed by atoms with Crippen LogP contribution in [0.25, 0.3) is 0 Å². The molecule has 1 amide bonds. The monoisotopic (exact) mass is 445 g/mol. The van der Waals surface area contributed by atoms with E-state index in [4.69, 9.17) is 21.7 Å². The van der Waals surface area contributed by atoms with E-state index in [2.05, 4.69) is 12.2 Å². The molecule has 1 unspecified atom stereocenters. The first-order chi connectivity index (χ1) is 14.8. The van der Waals surface area contributed by atoms with E-state index < -0.39 is 23.9 Å². The van der Waals surface area contributed by atoms with E-state index in [-0.39, 0.29) is 19.4 Å². The zero-order valence-electron chi connectivity index (χ0n) is 19.6. The van der Waals surface area contributed by atoms with Gasteiger partial charge in [0.15, 0.2) is 0 Å². The molecular weight excluding hydrogens is 398 g/mol. The number of primary amides is 1. The Kier molecular flexibility index (Phi) is 25.0. The maximum absolute atomic E-state index is 10.3. The number of carboxylic acids is 2. The van der Waals surface area contributed by atoms with Gasteiger partial charge in [-0.15, -0.1) is 0 Å². The SMILES string of the molecule is CCCCCCCCCCCCCCCCNCC(=O)O.NC(=O)CCC(N)C(=O)O. The number of carboxylic acid groups (broad SMARTS) is 2. The van der Waals surface area contributed by atoms with Crippen LogP contribution in [-0.2, 0) is 14.4 Å². The predicted molar refractivity (Wildman–Crippen MR) is 125 cm³/mol. The van der Waals surface area contributed by atoms with Gasteiger partial charge in [-0.3, -0.25) is 14.4 Å². The lowest BCUT2D eigenvalue weighted by Gasteiger charge is -2.03. The van der Waals surface area contributed by atoms with Crippen LogP contribution in [0.5, 0.6) is 0 Å². The predicted octanol–water partition coefficient (Wildman–Crippen LogP) is 3.81. The number of unbranched alkanes of at least 4 members (excludes halogenated alkanes) is 13. The third-order valence-electron chi connectivity index (χ3n) is 5.00. The Morgan fingerprint density at radius 3 is 1.55 bits per heavy atom. The van der Waals surface area contributed by atoms with Crippen molar-refractivity contribution in [1.29, 1.82) is 0 Å². The van der Waals surface area contributed by atoms with Crippen molar-refractivity contribution in [1.82, 2.24) is 5.32 Å². The Bertz CT molecular complexity index is 447. The topological polar surface area (TPSA) is 156 Å². The summed E-state index contributed by atoms with van der Waals surface area (Å²) in [5, 5.41) is 19.6. The maximum atomic E-state index is 10.3. The van der Waals surface area contributed by atoms with Crippen molar-refractivity contribution in [3.63, 3.8) is 0 Å². The molecule has 8 heteroatoms. The molecule has 0 aromatic heterocycles. The molecule has 1 atom stereocenters. The van der Waals surface area contributed by atoms with Crippen molar-refractivity contribution in [3.8, 4) is 0 Å². The van der Waals surface area contributed by atoms with E-state index >= 15 is 0 Å². The average Bonchev–Trinajstić information content (AvgIpc) is 2.71. The molecule has 0 aromatic carbocycles. The Morgan fingerprint density at radius 2 is 1.19 bits per heavy atom. The van der Waals surface area contributed by atoms with Gasteiger partial charge in [-0.1, -0.05) is 90.4 Å². The van der Waals surface area contributed by atoms with Crippen LogP contribution in [0.1, 0.15) is 110 Å². The lowest BCUT2D eigenvalue weighted by molar-refractivity contribution is -0.139. The first-order valence-corrected chi connectivity index (χ1v) is 12.0. The fourth-order valence-electron chi connectivity index (χ4n) is 3.06. The Hall–Kier alpha value is -1.67. The fraction of sp³-hybridized carbons (Fsp3) is 0.870. The average molecular weight is 446 g/mol. The molecule has 0 spiro atoms. The molecular formula is C23H47N3O5. The van der Waals surface area contributed by atoms with Gasteiger partial charge in [-0.05, 0) is 19.4 Å². The van der Waals surface area contributed by atoms with E-state index in [9.17, 15) is 14.4 Å². The number of carbonyl (C=O) groups is 3. The minimum absolute atomic E-state index is 0.0213. The van der Waals surface area contributed by atoms with Gasteiger partial charge in [0, 0.05) is 6.42 Å². The summed E-state index contributed by atoms with van der Waals surface area (Å²) >= 11 is 0.